The molecule has 0 radical (unpaired) electrons. The third kappa shape index (κ3) is 4.15. The molecule has 162 valence electrons. The van der Waals surface area contributed by atoms with Gasteiger partial charge < -0.3 is 15.0 Å². The fourth-order valence-corrected chi connectivity index (χ4v) is 3.61. The number of pyridine rings is 1. The number of halogens is 2. The first kappa shape index (κ1) is 21.0. The topological polar surface area (TPSA) is 113 Å². The molecule has 2 aromatic heterocycles. The maximum absolute atomic E-state index is 13.9. The van der Waals surface area contributed by atoms with Gasteiger partial charge in [-0.1, -0.05) is 11.6 Å². The minimum Gasteiger partial charge on any atom is -0.447 e. The van der Waals surface area contributed by atoms with Crippen molar-refractivity contribution in [2.75, 3.05) is 16.8 Å². The number of nitrogens with zero attached hydrogens (tertiary/aromatic N) is 4. The van der Waals surface area contributed by atoms with Gasteiger partial charge in [0.15, 0.2) is 0 Å². The number of H-pyrrole nitrogens is 1. The Kier molecular flexibility index (Phi) is 5.48. The van der Waals surface area contributed by atoms with E-state index >= 15 is 0 Å². The molecule has 3 heterocycles. The molecular weight excluding hydrogens is 427 g/mol. The molecule has 1 unspecified atom stereocenters. The molecule has 4 rings (SSSR count). The van der Waals surface area contributed by atoms with Gasteiger partial charge in [0.1, 0.15) is 24.6 Å². The number of benzene rings is 1. The van der Waals surface area contributed by atoms with E-state index in [0.29, 0.717) is 21.9 Å². The van der Waals surface area contributed by atoms with Crippen LogP contribution in [0.5, 0.6) is 0 Å². The van der Waals surface area contributed by atoms with E-state index in [1.807, 2.05) is 0 Å². The third-order valence-corrected chi connectivity index (χ3v) is 5.27. The standard InChI is InChI=1S/C20H20ClFN6O3/c1-9(22)16-8-31-20(30)28(16)19-25-11(3)24-18(27-19)23-10(2)14-7-12-6-13(21)4-5-15(12)26-17(14)29/h4-7,9-10,16H,8H2,1-3H3,(H,26,29)(H,23,24,25,27)/t9-,10-,16?/m0/s1. The number of aromatic amines is 1. The molecule has 0 bridgehead atoms. The Hall–Kier alpha value is -3.27. The van der Waals surface area contributed by atoms with Crippen LogP contribution in [0.25, 0.3) is 10.9 Å². The van der Waals surface area contributed by atoms with E-state index in [-0.39, 0.29) is 24.1 Å². The van der Waals surface area contributed by atoms with E-state index < -0.39 is 24.3 Å². The van der Waals surface area contributed by atoms with Crippen molar-refractivity contribution in [2.45, 2.75) is 39.0 Å². The van der Waals surface area contributed by atoms with E-state index in [1.54, 1.807) is 38.1 Å². The van der Waals surface area contributed by atoms with E-state index in [2.05, 4.69) is 25.3 Å². The summed E-state index contributed by atoms with van der Waals surface area (Å²) in [6, 6.07) is 5.62. The number of carbonyl (C=O) groups is 1. The highest BCUT2D eigenvalue weighted by atomic mass is 35.5. The van der Waals surface area contributed by atoms with Gasteiger partial charge in [0.25, 0.3) is 5.56 Å². The molecule has 0 aliphatic carbocycles. The molecule has 0 spiro atoms. The number of ether oxygens (including phenoxy) is 1. The summed E-state index contributed by atoms with van der Waals surface area (Å²) in [5.41, 5.74) is 0.850. The van der Waals surface area contributed by atoms with Crippen molar-refractivity contribution < 1.29 is 13.9 Å². The molecule has 1 aromatic carbocycles. The zero-order valence-corrected chi connectivity index (χ0v) is 17.8. The Labute approximate surface area is 181 Å². The van der Waals surface area contributed by atoms with Gasteiger partial charge in [-0.2, -0.15) is 15.0 Å². The van der Waals surface area contributed by atoms with Crippen molar-refractivity contribution in [1.29, 1.82) is 0 Å². The highest BCUT2D eigenvalue weighted by molar-refractivity contribution is 6.31. The van der Waals surface area contributed by atoms with Crippen LogP contribution in [0.4, 0.5) is 21.1 Å². The molecule has 0 saturated carbocycles. The van der Waals surface area contributed by atoms with Gasteiger partial charge in [-0.15, -0.1) is 0 Å². The lowest BCUT2D eigenvalue weighted by Crippen LogP contribution is -2.40. The predicted octanol–water partition coefficient (Wildman–Crippen LogP) is 3.53. The summed E-state index contributed by atoms with van der Waals surface area (Å²) < 4.78 is 18.9. The lowest BCUT2D eigenvalue weighted by molar-refractivity contribution is 0.174. The monoisotopic (exact) mass is 446 g/mol. The van der Waals surface area contributed by atoms with E-state index in [9.17, 15) is 14.0 Å². The lowest BCUT2D eigenvalue weighted by Gasteiger charge is -2.21. The van der Waals surface area contributed by atoms with Gasteiger partial charge in [-0.25, -0.2) is 14.1 Å². The molecule has 1 aliphatic rings. The number of carbonyl (C=O) groups excluding carboxylic acids is 1. The number of cyclic esters (lactones) is 1. The van der Waals surface area contributed by atoms with Crippen molar-refractivity contribution in [3.8, 4) is 0 Å². The van der Waals surface area contributed by atoms with Crippen LogP contribution < -0.4 is 15.8 Å². The zero-order valence-electron chi connectivity index (χ0n) is 17.0. The second kappa shape index (κ2) is 8.10. The van der Waals surface area contributed by atoms with Crippen molar-refractivity contribution >= 4 is 40.5 Å². The molecular formula is C20H20ClFN6O3. The fourth-order valence-electron chi connectivity index (χ4n) is 3.43. The Morgan fingerprint density at radius 1 is 1.26 bits per heavy atom. The zero-order chi connectivity index (χ0) is 22.3. The normalized spacial score (nSPS) is 18.2. The van der Waals surface area contributed by atoms with Crippen LogP contribution in [0, 0.1) is 6.92 Å². The quantitative estimate of drug-likeness (QED) is 0.616. The molecule has 1 aliphatic heterocycles. The van der Waals surface area contributed by atoms with Gasteiger partial charge in [0.05, 0.1) is 6.04 Å². The number of hydrogen-bond donors (Lipinski definition) is 2. The molecule has 1 fully saturated rings. The molecule has 31 heavy (non-hydrogen) atoms. The first-order chi connectivity index (χ1) is 14.7. The number of nitrogens with one attached hydrogen (secondary N) is 2. The largest absolute Gasteiger partial charge is 0.447 e. The van der Waals surface area contributed by atoms with Crippen molar-refractivity contribution in [3.63, 3.8) is 0 Å². The van der Waals surface area contributed by atoms with E-state index in [0.717, 1.165) is 10.3 Å². The van der Waals surface area contributed by atoms with Crippen LogP contribution in [-0.4, -0.2) is 44.8 Å². The number of aryl methyl sites for hydroxylation is 1. The second-order valence-corrected chi connectivity index (χ2v) is 7.79. The number of alkyl halides is 1. The SMILES string of the molecule is Cc1nc(N[C@@H](C)c2cc3cc(Cl)ccc3[nH]c2=O)nc(N2C(=O)OCC2[C@H](C)F)n1. The van der Waals surface area contributed by atoms with Crippen LogP contribution in [0.3, 0.4) is 0 Å². The van der Waals surface area contributed by atoms with Gasteiger partial charge in [-0.3, -0.25) is 4.79 Å². The maximum atomic E-state index is 13.9. The number of aromatic nitrogens is 4. The number of hydrogen-bond acceptors (Lipinski definition) is 7. The van der Waals surface area contributed by atoms with Gasteiger partial charge in [0.2, 0.25) is 11.9 Å². The number of rotatable bonds is 5. The highest BCUT2D eigenvalue weighted by Crippen LogP contribution is 2.25. The Bertz CT molecular complexity index is 1220. The summed E-state index contributed by atoms with van der Waals surface area (Å²) in [5, 5.41) is 4.39. The summed E-state index contributed by atoms with van der Waals surface area (Å²) >= 11 is 6.06. The number of fused-ring (bicyclic) bond motifs is 1. The van der Waals surface area contributed by atoms with Crippen molar-refractivity contribution in [3.05, 3.63) is 51.0 Å². The molecule has 3 aromatic rings. The average molecular weight is 447 g/mol. The summed E-state index contributed by atoms with van der Waals surface area (Å²) in [4.78, 5) is 41.2. The number of anilines is 2. The van der Waals surface area contributed by atoms with Crippen molar-refractivity contribution in [1.82, 2.24) is 19.9 Å². The first-order valence-corrected chi connectivity index (χ1v) is 10.0. The Morgan fingerprint density at radius 2 is 2.03 bits per heavy atom. The molecule has 2 N–H and O–H groups in total. The van der Waals surface area contributed by atoms with Crippen LogP contribution in [0.2, 0.25) is 5.02 Å². The smallest absolute Gasteiger partial charge is 0.417 e. The molecule has 1 saturated heterocycles. The molecule has 11 heteroatoms. The van der Waals surface area contributed by atoms with Crippen molar-refractivity contribution in [2.24, 2.45) is 0 Å². The minimum absolute atomic E-state index is 0.0154. The van der Waals surface area contributed by atoms with E-state index in [1.165, 1.54) is 6.92 Å². The highest BCUT2D eigenvalue weighted by Gasteiger charge is 2.40. The predicted molar refractivity (Wildman–Crippen MR) is 114 cm³/mol. The molecule has 9 nitrogen and oxygen atoms in total. The number of amides is 1. The molecule has 3 atom stereocenters. The average Bonchev–Trinajstić information content (AvgIpc) is 3.09. The van der Waals surface area contributed by atoms with E-state index in [4.69, 9.17) is 16.3 Å². The van der Waals surface area contributed by atoms with Crippen LogP contribution in [0.15, 0.2) is 29.1 Å². The summed E-state index contributed by atoms with van der Waals surface area (Å²) in [7, 11) is 0. The third-order valence-electron chi connectivity index (χ3n) is 5.03. The van der Waals surface area contributed by atoms with Crippen LogP contribution >= 0.6 is 11.6 Å². The molecule has 1 amide bonds. The van der Waals surface area contributed by atoms with Gasteiger partial charge in [0, 0.05) is 21.5 Å². The lowest BCUT2D eigenvalue weighted by atomic mass is 10.1. The van der Waals surface area contributed by atoms with Crippen LogP contribution in [-0.2, 0) is 4.74 Å². The fraction of sp³-hybridized carbons (Fsp3) is 0.350. The maximum Gasteiger partial charge on any atom is 0.417 e. The van der Waals surface area contributed by atoms with Crippen LogP contribution in [0.1, 0.15) is 31.3 Å². The second-order valence-electron chi connectivity index (χ2n) is 7.35. The summed E-state index contributed by atoms with van der Waals surface area (Å²) in [5.74, 6) is 0.452. The minimum atomic E-state index is -1.33. The summed E-state index contributed by atoms with van der Waals surface area (Å²) in [6.45, 7) is 4.65. The Morgan fingerprint density at radius 3 is 2.77 bits per heavy atom. The van der Waals surface area contributed by atoms with Gasteiger partial charge >= 0.3 is 6.09 Å². The summed E-state index contributed by atoms with van der Waals surface area (Å²) in [6.07, 6.45) is -2.05. The Balaban J connectivity index is 1.65. The first-order valence-electron chi connectivity index (χ1n) is 9.64. The van der Waals surface area contributed by atoms with Gasteiger partial charge in [-0.05, 0) is 45.0 Å².